The van der Waals surface area contributed by atoms with E-state index in [4.69, 9.17) is 0 Å². The van der Waals surface area contributed by atoms with Crippen molar-refractivity contribution in [1.29, 1.82) is 0 Å². The molecule has 0 saturated carbocycles. The molecule has 15 heavy (non-hydrogen) atoms. The summed E-state index contributed by atoms with van der Waals surface area (Å²) in [5, 5.41) is 0. The lowest BCUT2D eigenvalue weighted by Gasteiger charge is -2.17. The number of benzene rings is 1. The normalized spacial score (nSPS) is 18.5. The summed E-state index contributed by atoms with van der Waals surface area (Å²) >= 11 is 1.84. The minimum absolute atomic E-state index is 1.08. The lowest BCUT2D eigenvalue weighted by Crippen LogP contribution is -2.22. The Kier molecular flexibility index (Phi) is 3.67. The number of rotatable bonds is 3. The predicted octanol–water partition coefficient (Wildman–Crippen LogP) is 2.11. The van der Waals surface area contributed by atoms with Crippen LogP contribution < -0.4 is 0 Å². The van der Waals surface area contributed by atoms with Crippen LogP contribution in [-0.4, -0.2) is 42.9 Å². The Bertz CT molecular complexity index is 327. The fraction of sp³-hybridized carbons (Fsp3) is 0.500. The first-order chi connectivity index (χ1) is 7.29. The minimum Gasteiger partial charge on any atom is -0.292 e. The largest absolute Gasteiger partial charge is 0.292 e. The maximum absolute atomic E-state index is 2.50. The summed E-state index contributed by atoms with van der Waals surface area (Å²) in [6.07, 6.45) is 2.15. The molecule has 1 aromatic rings. The molecule has 0 aliphatic carbocycles. The molecule has 1 aliphatic heterocycles. The topological polar surface area (TPSA) is 6.48 Å². The van der Waals surface area contributed by atoms with E-state index in [9.17, 15) is 0 Å². The summed E-state index contributed by atoms with van der Waals surface area (Å²) in [5.41, 5.74) is 1.46. The van der Waals surface area contributed by atoms with Gasteiger partial charge in [-0.15, -0.1) is 11.8 Å². The quantitative estimate of drug-likeness (QED) is 0.723. The van der Waals surface area contributed by atoms with E-state index in [1.807, 2.05) is 11.8 Å². The van der Waals surface area contributed by atoms with Gasteiger partial charge in [-0.25, -0.2) is 0 Å². The molecule has 0 spiro atoms. The summed E-state index contributed by atoms with van der Waals surface area (Å²) in [7, 11) is 2.18. The molecule has 1 aliphatic rings. The van der Waals surface area contributed by atoms with Gasteiger partial charge < -0.3 is 0 Å². The molecule has 82 valence electrons. The SMILES string of the molecule is CSc1ccccc1CN1CCN(C)C1. The van der Waals surface area contributed by atoms with Crippen LogP contribution in [0.4, 0.5) is 0 Å². The van der Waals surface area contributed by atoms with Crippen molar-refractivity contribution in [3.63, 3.8) is 0 Å². The van der Waals surface area contributed by atoms with Gasteiger partial charge in [-0.3, -0.25) is 9.80 Å². The maximum Gasteiger partial charge on any atom is 0.0507 e. The van der Waals surface area contributed by atoms with Crippen LogP contribution in [0.5, 0.6) is 0 Å². The van der Waals surface area contributed by atoms with Crippen LogP contribution in [0.1, 0.15) is 5.56 Å². The first-order valence-electron chi connectivity index (χ1n) is 5.32. The van der Waals surface area contributed by atoms with Gasteiger partial charge in [-0.1, -0.05) is 18.2 Å². The summed E-state index contributed by atoms with van der Waals surface area (Å²) in [6.45, 7) is 4.57. The Morgan fingerprint density at radius 3 is 2.73 bits per heavy atom. The molecule has 0 radical (unpaired) electrons. The Hall–Kier alpha value is -0.510. The Morgan fingerprint density at radius 1 is 1.27 bits per heavy atom. The monoisotopic (exact) mass is 222 g/mol. The molecule has 0 unspecified atom stereocenters. The molecule has 1 fully saturated rings. The fourth-order valence-corrected chi connectivity index (χ4v) is 2.61. The molecular weight excluding hydrogens is 204 g/mol. The highest BCUT2D eigenvalue weighted by molar-refractivity contribution is 7.98. The third-order valence-corrected chi connectivity index (χ3v) is 3.66. The molecule has 0 atom stereocenters. The molecule has 0 aromatic heterocycles. The standard InChI is InChI=1S/C12H18N2S/c1-13-7-8-14(10-13)9-11-5-3-4-6-12(11)15-2/h3-6H,7-10H2,1-2H3. The van der Waals surface area contributed by atoms with Gasteiger partial charge in [0.25, 0.3) is 0 Å². The van der Waals surface area contributed by atoms with Gasteiger partial charge in [-0.05, 0) is 24.9 Å². The molecule has 3 heteroatoms. The van der Waals surface area contributed by atoms with Crippen LogP contribution in [0.2, 0.25) is 0 Å². The zero-order valence-corrected chi connectivity index (χ0v) is 10.3. The molecule has 2 rings (SSSR count). The van der Waals surface area contributed by atoms with Crippen LogP contribution in [0.3, 0.4) is 0 Å². The lowest BCUT2D eigenvalue weighted by molar-refractivity contribution is 0.267. The van der Waals surface area contributed by atoms with E-state index in [0.717, 1.165) is 13.2 Å². The van der Waals surface area contributed by atoms with Gasteiger partial charge in [-0.2, -0.15) is 0 Å². The van der Waals surface area contributed by atoms with E-state index in [-0.39, 0.29) is 0 Å². The average molecular weight is 222 g/mol. The van der Waals surface area contributed by atoms with E-state index >= 15 is 0 Å². The predicted molar refractivity (Wildman–Crippen MR) is 66.1 cm³/mol. The third kappa shape index (κ3) is 2.74. The smallest absolute Gasteiger partial charge is 0.0507 e. The van der Waals surface area contributed by atoms with Crippen molar-refractivity contribution < 1.29 is 0 Å². The Morgan fingerprint density at radius 2 is 2.07 bits per heavy atom. The van der Waals surface area contributed by atoms with E-state index in [1.165, 1.54) is 23.5 Å². The minimum atomic E-state index is 1.08. The van der Waals surface area contributed by atoms with E-state index < -0.39 is 0 Å². The lowest BCUT2D eigenvalue weighted by atomic mass is 10.2. The van der Waals surface area contributed by atoms with Gasteiger partial charge in [0.05, 0.1) is 6.67 Å². The summed E-state index contributed by atoms with van der Waals surface area (Å²) in [6, 6.07) is 8.70. The highest BCUT2D eigenvalue weighted by atomic mass is 32.2. The average Bonchev–Trinajstić information content (AvgIpc) is 2.65. The molecule has 0 amide bonds. The van der Waals surface area contributed by atoms with E-state index in [1.54, 1.807) is 0 Å². The van der Waals surface area contributed by atoms with Crippen LogP contribution in [0, 0.1) is 0 Å². The van der Waals surface area contributed by atoms with Crippen LogP contribution in [-0.2, 0) is 6.54 Å². The fourth-order valence-electron chi connectivity index (χ4n) is 2.00. The van der Waals surface area contributed by atoms with Crippen LogP contribution >= 0.6 is 11.8 Å². The van der Waals surface area contributed by atoms with Crippen molar-refractivity contribution in [2.75, 3.05) is 33.1 Å². The molecule has 1 heterocycles. The van der Waals surface area contributed by atoms with Gasteiger partial charge in [0.2, 0.25) is 0 Å². The third-order valence-electron chi connectivity index (χ3n) is 2.83. The molecule has 0 N–H and O–H groups in total. The van der Waals surface area contributed by atoms with Crippen molar-refractivity contribution >= 4 is 11.8 Å². The van der Waals surface area contributed by atoms with Crippen molar-refractivity contribution in [2.45, 2.75) is 11.4 Å². The highest BCUT2D eigenvalue weighted by Gasteiger charge is 2.16. The highest BCUT2D eigenvalue weighted by Crippen LogP contribution is 2.21. The van der Waals surface area contributed by atoms with Gasteiger partial charge in [0.1, 0.15) is 0 Å². The second kappa shape index (κ2) is 5.01. The van der Waals surface area contributed by atoms with E-state index in [2.05, 4.69) is 47.4 Å². The first-order valence-corrected chi connectivity index (χ1v) is 6.55. The number of hydrogen-bond donors (Lipinski definition) is 0. The zero-order valence-electron chi connectivity index (χ0n) is 9.44. The van der Waals surface area contributed by atoms with Crippen LogP contribution in [0.15, 0.2) is 29.2 Å². The maximum atomic E-state index is 2.50. The first kappa shape index (κ1) is 11.0. The van der Waals surface area contributed by atoms with Gasteiger partial charge in [0.15, 0.2) is 0 Å². The van der Waals surface area contributed by atoms with Gasteiger partial charge in [0, 0.05) is 24.5 Å². The second-order valence-corrected chi connectivity index (χ2v) is 4.93. The molecule has 0 bridgehead atoms. The molecule has 1 saturated heterocycles. The van der Waals surface area contributed by atoms with E-state index in [0.29, 0.717) is 0 Å². The van der Waals surface area contributed by atoms with Crippen molar-refractivity contribution in [1.82, 2.24) is 9.80 Å². The number of hydrogen-bond acceptors (Lipinski definition) is 3. The Labute approximate surface area is 96.3 Å². The van der Waals surface area contributed by atoms with Crippen molar-refractivity contribution in [2.24, 2.45) is 0 Å². The molecule has 2 nitrogen and oxygen atoms in total. The van der Waals surface area contributed by atoms with Crippen LogP contribution in [0.25, 0.3) is 0 Å². The van der Waals surface area contributed by atoms with Gasteiger partial charge >= 0.3 is 0 Å². The summed E-state index contributed by atoms with van der Waals surface area (Å²) in [5.74, 6) is 0. The molecule has 1 aromatic carbocycles. The Balaban J connectivity index is 2.04. The molecular formula is C12H18N2S. The van der Waals surface area contributed by atoms with Crippen molar-refractivity contribution in [3.05, 3.63) is 29.8 Å². The zero-order chi connectivity index (χ0) is 10.7. The number of nitrogens with zero attached hydrogens (tertiary/aromatic N) is 2. The summed E-state index contributed by atoms with van der Waals surface area (Å²) in [4.78, 5) is 6.27. The number of thioether (sulfide) groups is 1. The number of likely N-dealkylation sites (N-methyl/N-ethyl adjacent to an activating group) is 1. The van der Waals surface area contributed by atoms with Crippen molar-refractivity contribution in [3.8, 4) is 0 Å². The second-order valence-electron chi connectivity index (χ2n) is 4.09. The summed E-state index contributed by atoms with van der Waals surface area (Å²) < 4.78 is 0.